The molecule has 0 N–H and O–H groups in total. The van der Waals surface area contributed by atoms with Crippen LogP contribution in [0.4, 0.5) is 17.6 Å². The van der Waals surface area contributed by atoms with E-state index in [0.717, 1.165) is 6.07 Å². The lowest BCUT2D eigenvalue weighted by molar-refractivity contribution is -0.127. The third kappa shape index (κ3) is 4.34. The zero-order valence-corrected chi connectivity index (χ0v) is 10.9. The summed E-state index contributed by atoms with van der Waals surface area (Å²) in [6.07, 6.45) is -5.38. The topological polar surface area (TPSA) is 31.4 Å². The van der Waals surface area contributed by atoms with Crippen LogP contribution in [-0.2, 0) is 6.42 Å². The molecular weight excluding hydrogens is 290 g/mol. The number of ether oxygens (including phenoxy) is 2. The SMILES string of the molecule is COc1cc(CC(F)(F)F)ccc1Oc1cccc(F)n1. The summed E-state index contributed by atoms with van der Waals surface area (Å²) in [5.74, 6) is -0.471. The number of alkyl halides is 3. The molecule has 2 rings (SSSR count). The minimum absolute atomic E-state index is 0.0168. The molecule has 1 heterocycles. The molecule has 2 aromatic rings. The summed E-state index contributed by atoms with van der Waals surface area (Å²) in [6.45, 7) is 0. The summed E-state index contributed by atoms with van der Waals surface area (Å²) in [6, 6.07) is 7.80. The fourth-order valence-corrected chi connectivity index (χ4v) is 1.70. The molecule has 0 saturated heterocycles. The van der Waals surface area contributed by atoms with Crippen LogP contribution in [0, 0.1) is 5.95 Å². The number of hydrogen-bond donors (Lipinski definition) is 0. The van der Waals surface area contributed by atoms with Gasteiger partial charge in [-0.15, -0.1) is 0 Å². The van der Waals surface area contributed by atoms with E-state index in [-0.39, 0.29) is 22.9 Å². The van der Waals surface area contributed by atoms with Crippen molar-refractivity contribution < 1.29 is 27.0 Å². The number of aromatic nitrogens is 1. The molecule has 0 aliphatic carbocycles. The van der Waals surface area contributed by atoms with Crippen molar-refractivity contribution in [3.8, 4) is 17.4 Å². The second-order valence-corrected chi connectivity index (χ2v) is 4.18. The Morgan fingerprint density at radius 3 is 2.48 bits per heavy atom. The lowest BCUT2D eigenvalue weighted by Gasteiger charge is -2.12. The van der Waals surface area contributed by atoms with Crippen LogP contribution in [0.3, 0.4) is 0 Å². The molecule has 0 bridgehead atoms. The van der Waals surface area contributed by atoms with Crippen molar-refractivity contribution >= 4 is 0 Å². The van der Waals surface area contributed by atoms with Crippen molar-refractivity contribution in [2.75, 3.05) is 7.11 Å². The molecule has 0 fully saturated rings. The molecule has 112 valence electrons. The van der Waals surface area contributed by atoms with Gasteiger partial charge in [0.15, 0.2) is 11.5 Å². The minimum Gasteiger partial charge on any atom is -0.493 e. The standard InChI is InChI=1S/C14H11F4NO2/c1-20-11-7-9(8-14(16,17)18)5-6-10(11)21-13-4-2-3-12(15)19-13/h2-7H,8H2,1H3. The van der Waals surface area contributed by atoms with Gasteiger partial charge in [0, 0.05) is 6.07 Å². The van der Waals surface area contributed by atoms with Gasteiger partial charge in [0.2, 0.25) is 11.8 Å². The zero-order valence-electron chi connectivity index (χ0n) is 10.9. The van der Waals surface area contributed by atoms with Gasteiger partial charge in [-0.3, -0.25) is 0 Å². The van der Waals surface area contributed by atoms with E-state index in [1.54, 1.807) is 0 Å². The highest BCUT2D eigenvalue weighted by molar-refractivity contribution is 5.44. The molecule has 3 nitrogen and oxygen atoms in total. The molecule has 0 unspecified atom stereocenters. The van der Waals surface area contributed by atoms with Crippen molar-refractivity contribution in [1.29, 1.82) is 0 Å². The second-order valence-electron chi connectivity index (χ2n) is 4.18. The molecule has 0 atom stereocenters. The maximum absolute atomic E-state index is 13.0. The highest BCUT2D eigenvalue weighted by Crippen LogP contribution is 2.33. The van der Waals surface area contributed by atoms with Crippen LogP contribution in [0.15, 0.2) is 36.4 Å². The third-order valence-corrected chi connectivity index (χ3v) is 2.54. The van der Waals surface area contributed by atoms with E-state index < -0.39 is 18.5 Å². The maximum atomic E-state index is 13.0. The molecule has 21 heavy (non-hydrogen) atoms. The van der Waals surface area contributed by atoms with Gasteiger partial charge < -0.3 is 9.47 Å². The van der Waals surface area contributed by atoms with Gasteiger partial charge in [0.05, 0.1) is 13.5 Å². The van der Waals surface area contributed by atoms with E-state index in [0.29, 0.717) is 0 Å². The zero-order chi connectivity index (χ0) is 15.5. The van der Waals surface area contributed by atoms with E-state index in [1.165, 1.54) is 37.4 Å². The van der Waals surface area contributed by atoms with Gasteiger partial charge in [-0.1, -0.05) is 12.1 Å². The number of methoxy groups -OCH3 is 1. The van der Waals surface area contributed by atoms with Crippen LogP contribution in [-0.4, -0.2) is 18.3 Å². The Hall–Kier alpha value is -2.31. The first-order valence-electron chi connectivity index (χ1n) is 5.91. The number of hydrogen-bond acceptors (Lipinski definition) is 3. The summed E-state index contributed by atoms with van der Waals surface area (Å²) in [5.41, 5.74) is 0.0406. The quantitative estimate of drug-likeness (QED) is 0.628. The van der Waals surface area contributed by atoms with Crippen LogP contribution < -0.4 is 9.47 Å². The van der Waals surface area contributed by atoms with Crippen molar-refractivity contribution in [2.45, 2.75) is 12.6 Å². The van der Waals surface area contributed by atoms with Gasteiger partial charge in [-0.05, 0) is 23.8 Å². The normalized spacial score (nSPS) is 11.3. The maximum Gasteiger partial charge on any atom is 0.393 e. The largest absolute Gasteiger partial charge is 0.493 e. The Morgan fingerprint density at radius 2 is 1.86 bits per heavy atom. The average molecular weight is 301 g/mol. The third-order valence-electron chi connectivity index (χ3n) is 2.54. The second kappa shape index (κ2) is 5.99. The highest BCUT2D eigenvalue weighted by Gasteiger charge is 2.28. The molecule has 1 aromatic carbocycles. The number of nitrogens with zero attached hydrogens (tertiary/aromatic N) is 1. The van der Waals surface area contributed by atoms with Crippen LogP contribution >= 0.6 is 0 Å². The summed E-state index contributed by atoms with van der Waals surface area (Å²) >= 11 is 0. The Labute approximate surface area is 118 Å². The lowest BCUT2D eigenvalue weighted by Crippen LogP contribution is -2.11. The highest BCUT2D eigenvalue weighted by atomic mass is 19.4. The fraction of sp³-hybridized carbons (Fsp3) is 0.214. The smallest absolute Gasteiger partial charge is 0.393 e. The Morgan fingerprint density at radius 1 is 1.10 bits per heavy atom. The fourth-order valence-electron chi connectivity index (χ4n) is 1.70. The molecule has 0 amide bonds. The average Bonchev–Trinajstić information content (AvgIpc) is 2.39. The minimum atomic E-state index is -4.31. The van der Waals surface area contributed by atoms with Crippen LogP contribution in [0.5, 0.6) is 17.4 Å². The summed E-state index contributed by atoms with van der Waals surface area (Å²) in [7, 11) is 1.30. The first kappa shape index (κ1) is 15.1. The Bertz CT molecular complexity index is 629. The molecular formula is C14H11F4NO2. The van der Waals surface area contributed by atoms with Crippen molar-refractivity contribution in [3.63, 3.8) is 0 Å². The Kier molecular flexibility index (Phi) is 4.30. The monoisotopic (exact) mass is 301 g/mol. The lowest BCUT2D eigenvalue weighted by atomic mass is 10.1. The van der Waals surface area contributed by atoms with E-state index >= 15 is 0 Å². The van der Waals surface area contributed by atoms with Crippen molar-refractivity contribution in [3.05, 3.63) is 47.9 Å². The summed E-state index contributed by atoms with van der Waals surface area (Å²) in [5, 5.41) is 0. The van der Waals surface area contributed by atoms with Crippen LogP contribution in [0.2, 0.25) is 0 Å². The summed E-state index contributed by atoms with van der Waals surface area (Å²) in [4.78, 5) is 3.50. The number of rotatable bonds is 4. The van der Waals surface area contributed by atoms with Crippen molar-refractivity contribution in [2.24, 2.45) is 0 Å². The van der Waals surface area contributed by atoms with E-state index in [9.17, 15) is 17.6 Å². The molecule has 0 aliphatic rings. The number of benzene rings is 1. The van der Waals surface area contributed by atoms with E-state index in [1.807, 2.05) is 0 Å². The van der Waals surface area contributed by atoms with Crippen LogP contribution in [0.25, 0.3) is 0 Å². The van der Waals surface area contributed by atoms with Gasteiger partial charge >= 0.3 is 6.18 Å². The molecule has 0 saturated carbocycles. The van der Waals surface area contributed by atoms with E-state index in [2.05, 4.69) is 4.98 Å². The molecule has 0 aliphatic heterocycles. The van der Waals surface area contributed by atoms with Gasteiger partial charge in [-0.25, -0.2) is 0 Å². The van der Waals surface area contributed by atoms with Crippen LogP contribution in [0.1, 0.15) is 5.56 Å². The number of halogens is 4. The predicted octanol–water partition coefficient (Wildman–Crippen LogP) is 4.13. The molecule has 7 heteroatoms. The van der Waals surface area contributed by atoms with Gasteiger partial charge in [0.25, 0.3) is 0 Å². The first-order valence-corrected chi connectivity index (χ1v) is 5.91. The molecule has 0 radical (unpaired) electrons. The van der Waals surface area contributed by atoms with Crippen molar-refractivity contribution in [1.82, 2.24) is 4.98 Å². The van der Waals surface area contributed by atoms with Gasteiger partial charge in [0.1, 0.15) is 0 Å². The Balaban J connectivity index is 2.24. The predicted molar refractivity (Wildman–Crippen MR) is 67.0 cm³/mol. The first-order chi connectivity index (χ1) is 9.87. The summed E-state index contributed by atoms with van der Waals surface area (Å²) < 4.78 is 60.3. The molecule has 0 spiro atoms. The molecule has 1 aromatic heterocycles. The van der Waals surface area contributed by atoms with E-state index in [4.69, 9.17) is 9.47 Å². The number of pyridine rings is 1. The van der Waals surface area contributed by atoms with Gasteiger partial charge in [-0.2, -0.15) is 22.5 Å².